The summed E-state index contributed by atoms with van der Waals surface area (Å²) in [5, 5.41) is 5.09. The van der Waals surface area contributed by atoms with Crippen LogP contribution in [0.4, 0.5) is 4.39 Å². The highest BCUT2D eigenvalue weighted by atomic mass is 32.2. The van der Waals surface area contributed by atoms with Crippen LogP contribution < -0.4 is 5.14 Å². The van der Waals surface area contributed by atoms with Gasteiger partial charge in [-0.2, -0.15) is 0 Å². The topological polar surface area (TPSA) is 86.5 Å². The number of sulfonamides is 1. The van der Waals surface area contributed by atoms with Crippen molar-refractivity contribution in [3.63, 3.8) is 0 Å². The van der Waals surface area contributed by atoms with Crippen molar-refractivity contribution in [3.05, 3.63) is 65.5 Å². The van der Waals surface area contributed by atoms with Gasteiger partial charge in [0.1, 0.15) is 5.82 Å². The molecule has 124 valence electrons. The van der Waals surface area contributed by atoms with Crippen molar-refractivity contribution in [3.8, 4) is 0 Å². The van der Waals surface area contributed by atoms with E-state index in [0.29, 0.717) is 23.1 Å². The number of carbonyl (C=O) groups is 1. The Morgan fingerprint density at radius 1 is 1.04 bits per heavy atom. The van der Waals surface area contributed by atoms with Crippen LogP contribution >= 0.6 is 0 Å². The quantitative estimate of drug-likeness (QED) is 0.864. The van der Waals surface area contributed by atoms with Crippen LogP contribution in [0.5, 0.6) is 0 Å². The van der Waals surface area contributed by atoms with E-state index in [9.17, 15) is 17.6 Å². The van der Waals surface area contributed by atoms with Gasteiger partial charge in [0.2, 0.25) is 10.0 Å². The summed E-state index contributed by atoms with van der Waals surface area (Å²) in [6, 6.07) is 11.6. The van der Waals surface area contributed by atoms with Crippen LogP contribution in [0.3, 0.4) is 0 Å². The highest BCUT2D eigenvalue weighted by Gasteiger charge is 2.25. The predicted octanol–water partition coefficient (Wildman–Crippen LogP) is 2.33. The first kappa shape index (κ1) is 16.4. The van der Waals surface area contributed by atoms with Gasteiger partial charge >= 0.3 is 5.97 Å². The summed E-state index contributed by atoms with van der Waals surface area (Å²) in [4.78, 5) is 12.2. The summed E-state index contributed by atoms with van der Waals surface area (Å²) in [5.41, 5.74) is 2.05. The molecule has 7 heteroatoms. The lowest BCUT2D eigenvalue weighted by molar-refractivity contribution is -0.136. The van der Waals surface area contributed by atoms with Gasteiger partial charge in [-0.05, 0) is 41.0 Å². The largest absolute Gasteiger partial charge is 0.462 e. The fraction of sp³-hybridized carbons (Fsp3) is 0.118. The number of primary sulfonamides is 1. The van der Waals surface area contributed by atoms with E-state index in [1.54, 1.807) is 18.2 Å². The molecule has 0 aliphatic carbocycles. The van der Waals surface area contributed by atoms with Crippen LogP contribution in [0.15, 0.2) is 53.4 Å². The Hall–Kier alpha value is -2.51. The van der Waals surface area contributed by atoms with Gasteiger partial charge in [0.15, 0.2) is 0 Å². The number of benzene rings is 2. The zero-order chi connectivity index (χ0) is 17.3. The standard InChI is InChI=1S/C17H14FNO4S/c18-13-3-1-2-12(10-13)16-15(8-9-23-17(16)20)11-4-6-14(7-5-11)24(19,21)22/h1-7,10H,8-9H2,(H2,19,21,22). The molecule has 1 heterocycles. The number of halogens is 1. The molecule has 0 saturated carbocycles. The molecule has 0 fully saturated rings. The summed E-state index contributed by atoms with van der Waals surface area (Å²) in [6.45, 7) is 0.212. The Kier molecular flexibility index (Phi) is 4.21. The first-order valence-corrected chi connectivity index (χ1v) is 8.70. The molecule has 1 aliphatic rings. The van der Waals surface area contributed by atoms with Crippen LogP contribution in [0.1, 0.15) is 17.5 Å². The number of cyclic esters (lactones) is 1. The van der Waals surface area contributed by atoms with Gasteiger partial charge in [-0.3, -0.25) is 0 Å². The first-order chi connectivity index (χ1) is 11.4. The summed E-state index contributed by atoms with van der Waals surface area (Å²) < 4.78 is 41.3. The lowest BCUT2D eigenvalue weighted by Gasteiger charge is -2.20. The average Bonchev–Trinajstić information content (AvgIpc) is 2.54. The molecule has 0 saturated heterocycles. The molecular formula is C17H14FNO4S. The van der Waals surface area contributed by atoms with E-state index in [2.05, 4.69) is 0 Å². The molecule has 2 aromatic rings. The number of rotatable bonds is 3. The molecule has 5 nitrogen and oxygen atoms in total. The van der Waals surface area contributed by atoms with E-state index < -0.39 is 21.8 Å². The highest BCUT2D eigenvalue weighted by Crippen LogP contribution is 2.33. The lowest BCUT2D eigenvalue weighted by atomic mass is 9.91. The second kappa shape index (κ2) is 6.18. The molecule has 0 atom stereocenters. The third-order valence-electron chi connectivity index (χ3n) is 3.74. The van der Waals surface area contributed by atoms with Gasteiger partial charge in [-0.15, -0.1) is 0 Å². The molecule has 24 heavy (non-hydrogen) atoms. The molecule has 2 N–H and O–H groups in total. The Labute approximate surface area is 138 Å². The lowest BCUT2D eigenvalue weighted by Crippen LogP contribution is -2.17. The van der Waals surface area contributed by atoms with E-state index in [4.69, 9.17) is 9.88 Å². The van der Waals surface area contributed by atoms with E-state index >= 15 is 0 Å². The molecule has 0 aromatic heterocycles. The average molecular weight is 347 g/mol. The van der Waals surface area contributed by atoms with Crippen molar-refractivity contribution in [1.82, 2.24) is 0 Å². The van der Waals surface area contributed by atoms with Gasteiger partial charge in [0.25, 0.3) is 0 Å². The van der Waals surface area contributed by atoms with Crippen molar-refractivity contribution >= 4 is 27.1 Å². The van der Waals surface area contributed by atoms with Gasteiger partial charge in [-0.1, -0.05) is 24.3 Å². The second-order valence-electron chi connectivity index (χ2n) is 5.32. The minimum absolute atomic E-state index is 0.0162. The third-order valence-corrected chi connectivity index (χ3v) is 4.66. The Balaban J connectivity index is 2.14. The Morgan fingerprint density at radius 2 is 1.75 bits per heavy atom. The number of ether oxygens (including phenoxy) is 1. The molecule has 0 radical (unpaired) electrons. The summed E-state index contributed by atoms with van der Waals surface area (Å²) in [7, 11) is -3.79. The number of hydrogen-bond donors (Lipinski definition) is 1. The minimum atomic E-state index is -3.79. The third kappa shape index (κ3) is 3.22. The van der Waals surface area contributed by atoms with Crippen LogP contribution in [0.25, 0.3) is 11.1 Å². The van der Waals surface area contributed by atoms with Crippen LogP contribution in [0.2, 0.25) is 0 Å². The maximum atomic E-state index is 13.5. The smallest absolute Gasteiger partial charge is 0.339 e. The molecule has 2 aromatic carbocycles. The maximum Gasteiger partial charge on any atom is 0.339 e. The van der Waals surface area contributed by atoms with Gasteiger partial charge in [-0.25, -0.2) is 22.7 Å². The van der Waals surface area contributed by atoms with Crippen LogP contribution in [0, 0.1) is 5.82 Å². The van der Waals surface area contributed by atoms with Crippen molar-refractivity contribution in [1.29, 1.82) is 0 Å². The molecule has 0 bridgehead atoms. The molecule has 0 unspecified atom stereocenters. The van der Waals surface area contributed by atoms with Gasteiger partial charge < -0.3 is 4.74 Å². The molecule has 3 rings (SSSR count). The second-order valence-corrected chi connectivity index (χ2v) is 6.88. The molecule has 0 spiro atoms. The maximum absolute atomic E-state index is 13.5. The van der Waals surface area contributed by atoms with E-state index in [0.717, 1.165) is 0 Å². The number of esters is 1. The zero-order valence-electron chi connectivity index (χ0n) is 12.5. The minimum Gasteiger partial charge on any atom is -0.462 e. The first-order valence-electron chi connectivity index (χ1n) is 7.16. The van der Waals surface area contributed by atoms with Crippen LogP contribution in [-0.4, -0.2) is 21.0 Å². The Morgan fingerprint density at radius 3 is 2.38 bits per heavy atom. The monoisotopic (exact) mass is 347 g/mol. The number of nitrogens with two attached hydrogens (primary N) is 1. The van der Waals surface area contributed by atoms with E-state index in [1.807, 2.05) is 0 Å². The fourth-order valence-corrected chi connectivity index (χ4v) is 3.15. The Bertz CT molecular complexity index is 933. The van der Waals surface area contributed by atoms with E-state index in [-0.39, 0.29) is 17.1 Å². The summed E-state index contributed by atoms with van der Waals surface area (Å²) >= 11 is 0. The normalized spacial score (nSPS) is 15.3. The predicted molar refractivity (Wildman–Crippen MR) is 86.6 cm³/mol. The zero-order valence-corrected chi connectivity index (χ0v) is 13.3. The van der Waals surface area contributed by atoms with Crippen molar-refractivity contribution in [2.24, 2.45) is 5.14 Å². The summed E-state index contributed by atoms with van der Waals surface area (Å²) in [6.07, 6.45) is 0.451. The fourth-order valence-electron chi connectivity index (χ4n) is 2.64. The van der Waals surface area contributed by atoms with Gasteiger partial charge in [0.05, 0.1) is 17.1 Å². The number of carbonyl (C=O) groups excluding carboxylic acids is 1. The van der Waals surface area contributed by atoms with Crippen molar-refractivity contribution in [2.75, 3.05) is 6.61 Å². The molecular weight excluding hydrogens is 333 g/mol. The van der Waals surface area contributed by atoms with Gasteiger partial charge in [0, 0.05) is 6.42 Å². The van der Waals surface area contributed by atoms with Crippen molar-refractivity contribution in [2.45, 2.75) is 11.3 Å². The van der Waals surface area contributed by atoms with E-state index in [1.165, 1.54) is 30.3 Å². The number of hydrogen-bond acceptors (Lipinski definition) is 4. The van der Waals surface area contributed by atoms with Crippen LogP contribution in [-0.2, 0) is 19.6 Å². The molecule has 0 amide bonds. The summed E-state index contributed by atoms with van der Waals surface area (Å²) in [5.74, 6) is -0.986. The highest BCUT2D eigenvalue weighted by molar-refractivity contribution is 7.89. The SMILES string of the molecule is NS(=O)(=O)c1ccc(C2=C(c3cccc(F)c3)C(=O)OCC2)cc1. The molecule has 1 aliphatic heterocycles. The van der Waals surface area contributed by atoms with Crippen molar-refractivity contribution < 1.29 is 22.3 Å².